The normalized spacial score (nSPS) is 18.3. The number of rotatable bonds is 6. The largest absolute Gasteiger partial charge is 0.497 e. The summed E-state index contributed by atoms with van der Waals surface area (Å²) >= 11 is 0. The molecule has 1 unspecified atom stereocenters. The van der Waals surface area contributed by atoms with Crippen LogP contribution in [0.15, 0.2) is 24.3 Å². The van der Waals surface area contributed by atoms with Crippen molar-refractivity contribution in [1.82, 2.24) is 10.2 Å². The molecule has 0 aliphatic carbocycles. The number of carbonyl (C=O) groups excluding carboxylic acids is 1. The van der Waals surface area contributed by atoms with E-state index >= 15 is 0 Å². The minimum atomic E-state index is 0.135. The van der Waals surface area contributed by atoms with E-state index in [0.29, 0.717) is 26.1 Å². The average Bonchev–Trinajstić information content (AvgIpc) is 2.54. The second-order valence-corrected chi connectivity index (χ2v) is 5.19. The number of methoxy groups -OCH3 is 1. The highest BCUT2D eigenvalue weighted by Gasteiger charge is 2.20. The van der Waals surface area contributed by atoms with Gasteiger partial charge in [-0.15, -0.1) is 0 Å². The minimum Gasteiger partial charge on any atom is -0.497 e. The molecular formula is C16H24N2O3. The SMILES string of the molecule is CCN(Cc1ccc(OC)cc1)C(=O)CC1COCCN1. The topological polar surface area (TPSA) is 50.8 Å². The van der Waals surface area contributed by atoms with E-state index < -0.39 is 0 Å². The van der Waals surface area contributed by atoms with Gasteiger partial charge >= 0.3 is 0 Å². The zero-order valence-corrected chi connectivity index (χ0v) is 12.8. The fourth-order valence-electron chi connectivity index (χ4n) is 2.42. The molecule has 1 atom stereocenters. The van der Waals surface area contributed by atoms with Gasteiger partial charge < -0.3 is 19.7 Å². The van der Waals surface area contributed by atoms with Gasteiger partial charge in [0.1, 0.15) is 5.75 Å². The molecule has 0 spiro atoms. The summed E-state index contributed by atoms with van der Waals surface area (Å²) in [6, 6.07) is 7.97. The smallest absolute Gasteiger partial charge is 0.224 e. The van der Waals surface area contributed by atoms with Crippen LogP contribution in [0.4, 0.5) is 0 Å². The summed E-state index contributed by atoms with van der Waals surface area (Å²) in [5, 5.41) is 3.32. The van der Waals surface area contributed by atoms with Crippen LogP contribution < -0.4 is 10.1 Å². The lowest BCUT2D eigenvalue weighted by molar-refractivity contribution is -0.132. The van der Waals surface area contributed by atoms with Crippen LogP contribution in [0.3, 0.4) is 0 Å². The van der Waals surface area contributed by atoms with Crippen molar-refractivity contribution in [3.63, 3.8) is 0 Å². The van der Waals surface area contributed by atoms with Crippen molar-refractivity contribution < 1.29 is 14.3 Å². The Labute approximate surface area is 126 Å². The van der Waals surface area contributed by atoms with Gasteiger partial charge in [-0.3, -0.25) is 4.79 Å². The van der Waals surface area contributed by atoms with Crippen LogP contribution in [0.1, 0.15) is 18.9 Å². The fourth-order valence-corrected chi connectivity index (χ4v) is 2.42. The molecule has 1 amide bonds. The van der Waals surface area contributed by atoms with E-state index in [1.165, 1.54) is 0 Å². The highest BCUT2D eigenvalue weighted by Crippen LogP contribution is 2.14. The quantitative estimate of drug-likeness (QED) is 0.861. The lowest BCUT2D eigenvalue weighted by Gasteiger charge is -2.27. The van der Waals surface area contributed by atoms with E-state index in [0.717, 1.165) is 24.5 Å². The number of amides is 1. The minimum absolute atomic E-state index is 0.135. The molecule has 2 rings (SSSR count). The molecule has 1 saturated heterocycles. The van der Waals surface area contributed by atoms with Crippen molar-refractivity contribution in [2.24, 2.45) is 0 Å². The number of hydrogen-bond acceptors (Lipinski definition) is 4. The maximum absolute atomic E-state index is 12.4. The summed E-state index contributed by atoms with van der Waals surface area (Å²) in [5.41, 5.74) is 1.11. The van der Waals surface area contributed by atoms with Gasteiger partial charge in [-0.2, -0.15) is 0 Å². The molecular weight excluding hydrogens is 268 g/mol. The lowest BCUT2D eigenvalue weighted by atomic mass is 10.1. The van der Waals surface area contributed by atoms with Crippen LogP contribution in [0, 0.1) is 0 Å². The van der Waals surface area contributed by atoms with Crippen LogP contribution in [-0.4, -0.2) is 50.3 Å². The molecule has 0 aromatic heterocycles. The zero-order chi connectivity index (χ0) is 15.1. The number of carbonyl (C=O) groups is 1. The highest BCUT2D eigenvalue weighted by molar-refractivity contribution is 5.76. The molecule has 1 aliphatic heterocycles. The summed E-state index contributed by atoms with van der Waals surface area (Å²) in [4.78, 5) is 14.2. The van der Waals surface area contributed by atoms with Crippen LogP contribution in [-0.2, 0) is 16.1 Å². The second kappa shape index (κ2) is 8.00. The maximum atomic E-state index is 12.4. The third kappa shape index (κ3) is 4.72. The first kappa shape index (κ1) is 15.8. The Kier molecular flexibility index (Phi) is 6.02. The number of benzene rings is 1. The maximum Gasteiger partial charge on any atom is 0.224 e. The summed E-state index contributed by atoms with van der Waals surface area (Å²) in [5.74, 6) is 0.994. The monoisotopic (exact) mass is 292 g/mol. The van der Waals surface area contributed by atoms with Crippen LogP contribution in [0.2, 0.25) is 0 Å². The van der Waals surface area contributed by atoms with E-state index in [9.17, 15) is 4.79 Å². The molecule has 0 saturated carbocycles. The zero-order valence-electron chi connectivity index (χ0n) is 12.8. The van der Waals surface area contributed by atoms with E-state index in [1.807, 2.05) is 36.1 Å². The second-order valence-electron chi connectivity index (χ2n) is 5.19. The number of nitrogens with one attached hydrogen (secondary N) is 1. The molecule has 0 radical (unpaired) electrons. The van der Waals surface area contributed by atoms with Gasteiger partial charge in [-0.05, 0) is 24.6 Å². The van der Waals surface area contributed by atoms with E-state index in [-0.39, 0.29) is 11.9 Å². The Morgan fingerprint density at radius 2 is 2.19 bits per heavy atom. The van der Waals surface area contributed by atoms with Crippen molar-refractivity contribution in [3.05, 3.63) is 29.8 Å². The van der Waals surface area contributed by atoms with E-state index in [2.05, 4.69) is 5.32 Å². The molecule has 1 heterocycles. The Hall–Kier alpha value is -1.59. The molecule has 116 valence electrons. The van der Waals surface area contributed by atoms with E-state index in [4.69, 9.17) is 9.47 Å². The van der Waals surface area contributed by atoms with Gasteiger partial charge in [-0.1, -0.05) is 12.1 Å². The summed E-state index contributed by atoms with van der Waals surface area (Å²) in [6.07, 6.45) is 0.490. The molecule has 5 heteroatoms. The number of ether oxygens (including phenoxy) is 2. The predicted molar refractivity (Wildman–Crippen MR) is 81.3 cm³/mol. The predicted octanol–water partition coefficient (Wildman–Crippen LogP) is 1.42. The van der Waals surface area contributed by atoms with Crippen molar-refractivity contribution in [2.45, 2.75) is 25.9 Å². The highest BCUT2D eigenvalue weighted by atomic mass is 16.5. The lowest BCUT2D eigenvalue weighted by Crippen LogP contribution is -2.45. The summed E-state index contributed by atoms with van der Waals surface area (Å²) < 4.78 is 10.5. The number of morpholine rings is 1. The van der Waals surface area contributed by atoms with Crippen molar-refractivity contribution in [3.8, 4) is 5.75 Å². The Morgan fingerprint density at radius 3 is 2.76 bits per heavy atom. The molecule has 1 N–H and O–H groups in total. The number of hydrogen-bond donors (Lipinski definition) is 1. The van der Waals surface area contributed by atoms with Gasteiger partial charge in [0.25, 0.3) is 0 Å². The van der Waals surface area contributed by atoms with Crippen LogP contribution >= 0.6 is 0 Å². The molecule has 1 aliphatic rings. The molecule has 0 bridgehead atoms. The van der Waals surface area contributed by atoms with Gasteiger partial charge in [-0.25, -0.2) is 0 Å². The van der Waals surface area contributed by atoms with Crippen molar-refractivity contribution in [1.29, 1.82) is 0 Å². The molecule has 1 aromatic rings. The van der Waals surface area contributed by atoms with Crippen molar-refractivity contribution >= 4 is 5.91 Å². The Morgan fingerprint density at radius 1 is 1.43 bits per heavy atom. The van der Waals surface area contributed by atoms with Crippen LogP contribution in [0.25, 0.3) is 0 Å². The van der Waals surface area contributed by atoms with Gasteiger partial charge in [0.05, 0.1) is 20.3 Å². The van der Waals surface area contributed by atoms with Gasteiger partial charge in [0.2, 0.25) is 5.91 Å². The molecule has 5 nitrogen and oxygen atoms in total. The van der Waals surface area contributed by atoms with E-state index in [1.54, 1.807) is 7.11 Å². The third-order valence-corrected chi connectivity index (χ3v) is 3.69. The Balaban J connectivity index is 1.89. The molecule has 1 fully saturated rings. The van der Waals surface area contributed by atoms with Crippen LogP contribution in [0.5, 0.6) is 5.75 Å². The fraction of sp³-hybridized carbons (Fsp3) is 0.562. The van der Waals surface area contributed by atoms with Crippen molar-refractivity contribution in [2.75, 3.05) is 33.4 Å². The third-order valence-electron chi connectivity index (χ3n) is 3.69. The average molecular weight is 292 g/mol. The summed E-state index contributed by atoms with van der Waals surface area (Å²) in [7, 11) is 1.65. The Bertz CT molecular complexity index is 441. The molecule has 1 aromatic carbocycles. The van der Waals surface area contributed by atoms with Gasteiger partial charge in [0, 0.05) is 32.1 Å². The van der Waals surface area contributed by atoms with Gasteiger partial charge in [0.15, 0.2) is 0 Å². The number of nitrogens with zero attached hydrogens (tertiary/aromatic N) is 1. The molecule has 21 heavy (non-hydrogen) atoms. The standard InChI is InChI=1S/C16H24N2O3/c1-3-18(11-13-4-6-15(20-2)7-5-13)16(19)10-14-12-21-9-8-17-14/h4-7,14,17H,3,8-12H2,1-2H3. The first-order chi connectivity index (χ1) is 10.2. The first-order valence-corrected chi connectivity index (χ1v) is 7.44. The summed E-state index contributed by atoms with van der Waals surface area (Å²) in [6.45, 7) is 5.51. The first-order valence-electron chi connectivity index (χ1n) is 7.44.